The van der Waals surface area contributed by atoms with E-state index in [1.807, 2.05) is 6.92 Å². The number of rotatable bonds is 10. The summed E-state index contributed by atoms with van der Waals surface area (Å²) in [6.45, 7) is 6.17. The molecule has 0 bridgehead atoms. The first kappa shape index (κ1) is 18.4. The van der Waals surface area contributed by atoms with E-state index in [4.69, 9.17) is 8.92 Å². The largest absolute Gasteiger partial charge is 0.380 e. The third kappa shape index (κ3) is 5.30. The number of benzene rings is 1. The second-order valence-corrected chi connectivity index (χ2v) is 8.26. The van der Waals surface area contributed by atoms with Crippen LogP contribution in [0.2, 0.25) is 0 Å². The third-order valence-corrected chi connectivity index (χ3v) is 5.82. The van der Waals surface area contributed by atoms with Gasteiger partial charge in [0.15, 0.2) is 0 Å². The Bertz CT molecular complexity index is 574. The summed E-state index contributed by atoms with van der Waals surface area (Å²) >= 11 is 0. The SMILES string of the molecule is CCCC1(CCCCCOS(=O)(=O)c2ccc(C)cc2)COC1. The van der Waals surface area contributed by atoms with Gasteiger partial charge >= 0.3 is 0 Å². The minimum atomic E-state index is -3.61. The minimum Gasteiger partial charge on any atom is -0.380 e. The number of hydrogen-bond acceptors (Lipinski definition) is 4. The highest BCUT2D eigenvalue weighted by atomic mass is 32.2. The minimum absolute atomic E-state index is 0.233. The van der Waals surface area contributed by atoms with E-state index in [1.165, 1.54) is 19.3 Å². The molecule has 5 heteroatoms. The standard InChI is InChI=1S/C18H28O4S/c1-3-11-18(14-21-15-18)12-5-4-6-13-22-23(19,20)17-9-7-16(2)8-10-17/h7-10H,3-6,11-15H2,1-2H3. The molecular formula is C18H28O4S. The zero-order valence-corrected chi connectivity index (χ0v) is 15.0. The molecule has 0 unspecified atom stereocenters. The van der Waals surface area contributed by atoms with Gasteiger partial charge in [-0.3, -0.25) is 4.18 Å². The summed E-state index contributed by atoms with van der Waals surface area (Å²) in [6, 6.07) is 6.75. The van der Waals surface area contributed by atoms with E-state index in [9.17, 15) is 8.42 Å². The molecule has 1 aliphatic rings. The molecule has 0 saturated carbocycles. The maximum Gasteiger partial charge on any atom is 0.296 e. The predicted octanol–water partition coefficient (Wildman–Crippen LogP) is 4.08. The van der Waals surface area contributed by atoms with Crippen LogP contribution in [-0.2, 0) is 19.0 Å². The lowest BCUT2D eigenvalue weighted by Crippen LogP contribution is -2.42. The lowest BCUT2D eigenvalue weighted by molar-refractivity contribution is -0.123. The van der Waals surface area contributed by atoms with Crippen LogP contribution in [-0.4, -0.2) is 28.2 Å². The van der Waals surface area contributed by atoms with E-state index in [0.717, 1.165) is 38.0 Å². The molecule has 23 heavy (non-hydrogen) atoms. The van der Waals surface area contributed by atoms with Gasteiger partial charge in [0, 0.05) is 5.41 Å². The van der Waals surface area contributed by atoms with Gasteiger partial charge in [-0.15, -0.1) is 0 Å². The van der Waals surface area contributed by atoms with Crippen LogP contribution in [0.3, 0.4) is 0 Å². The highest BCUT2D eigenvalue weighted by Gasteiger charge is 2.36. The van der Waals surface area contributed by atoms with E-state index >= 15 is 0 Å². The first-order valence-corrected chi connectivity index (χ1v) is 9.92. The number of unbranched alkanes of at least 4 members (excludes halogenated alkanes) is 2. The van der Waals surface area contributed by atoms with Crippen LogP contribution in [0.15, 0.2) is 29.2 Å². The fraction of sp³-hybridized carbons (Fsp3) is 0.667. The molecule has 1 aromatic carbocycles. The van der Waals surface area contributed by atoms with Gasteiger partial charge in [-0.25, -0.2) is 0 Å². The average molecular weight is 340 g/mol. The molecular weight excluding hydrogens is 312 g/mol. The molecule has 0 N–H and O–H groups in total. The Hall–Kier alpha value is -0.910. The number of aryl methyl sites for hydroxylation is 1. The highest BCUT2D eigenvalue weighted by molar-refractivity contribution is 7.86. The van der Waals surface area contributed by atoms with Gasteiger partial charge in [-0.1, -0.05) is 43.9 Å². The summed E-state index contributed by atoms with van der Waals surface area (Å²) < 4.78 is 34.6. The van der Waals surface area contributed by atoms with Gasteiger partial charge in [-0.05, 0) is 38.3 Å². The van der Waals surface area contributed by atoms with Crippen molar-refractivity contribution in [1.29, 1.82) is 0 Å². The number of ether oxygens (including phenoxy) is 1. The van der Waals surface area contributed by atoms with Crippen molar-refractivity contribution in [3.8, 4) is 0 Å². The first-order valence-electron chi connectivity index (χ1n) is 8.51. The smallest absolute Gasteiger partial charge is 0.296 e. The van der Waals surface area contributed by atoms with Gasteiger partial charge in [0.25, 0.3) is 10.1 Å². The molecule has 1 heterocycles. The molecule has 0 spiro atoms. The Balaban J connectivity index is 1.66. The molecule has 1 saturated heterocycles. The van der Waals surface area contributed by atoms with E-state index in [1.54, 1.807) is 24.3 Å². The van der Waals surface area contributed by atoms with Crippen molar-refractivity contribution in [1.82, 2.24) is 0 Å². The molecule has 1 aromatic rings. The van der Waals surface area contributed by atoms with Crippen molar-refractivity contribution in [3.63, 3.8) is 0 Å². The molecule has 1 aliphatic heterocycles. The Morgan fingerprint density at radius 2 is 1.78 bits per heavy atom. The van der Waals surface area contributed by atoms with Crippen LogP contribution < -0.4 is 0 Å². The average Bonchev–Trinajstić information content (AvgIpc) is 2.48. The van der Waals surface area contributed by atoms with E-state index in [-0.39, 0.29) is 11.5 Å². The fourth-order valence-electron chi connectivity index (χ4n) is 3.06. The molecule has 2 rings (SSSR count). The molecule has 0 atom stereocenters. The highest BCUT2D eigenvalue weighted by Crippen LogP contribution is 2.37. The molecule has 4 nitrogen and oxygen atoms in total. The van der Waals surface area contributed by atoms with Gasteiger partial charge in [0.05, 0.1) is 24.7 Å². The van der Waals surface area contributed by atoms with Crippen LogP contribution >= 0.6 is 0 Å². The lowest BCUT2D eigenvalue weighted by Gasteiger charge is -2.41. The zero-order chi connectivity index (χ0) is 16.8. The summed E-state index contributed by atoms with van der Waals surface area (Å²) in [5, 5.41) is 0. The second-order valence-electron chi connectivity index (χ2n) is 6.64. The normalized spacial score (nSPS) is 17.0. The van der Waals surface area contributed by atoms with Crippen molar-refractivity contribution in [2.75, 3.05) is 19.8 Å². The van der Waals surface area contributed by atoms with Crippen molar-refractivity contribution in [2.24, 2.45) is 5.41 Å². The van der Waals surface area contributed by atoms with Gasteiger partial charge < -0.3 is 4.74 Å². The Labute approximate surface area is 140 Å². The van der Waals surface area contributed by atoms with Crippen LogP contribution in [0.25, 0.3) is 0 Å². The van der Waals surface area contributed by atoms with Gasteiger partial charge in [0.1, 0.15) is 0 Å². The first-order chi connectivity index (χ1) is 11.0. The third-order valence-electron chi connectivity index (χ3n) is 4.50. The maximum absolute atomic E-state index is 12.0. The molecule has 1 fully saturated rings. The second kappa shape index (κ2) is 8.27. The van der Waals surface area contributed by atoms with Crippen molar-refractivity contribution in [2.45, 2.75) is 57.3 Å². The van der Waals surface area contributed by atoms with Crippen LogP contribution in [0.5, 0.6) is 0 Å². The summed E-state index contributed by atoms with van der Waals surface area (Å²) in [7, 11) is -3.61. The Kier molecular flexibility index (Phi) is 6.62. The van der Waals surface area contributed by atoms with Crippen LogP contribution in [0, 0.1) is 12.3 Å². The van der Waals surface area contributed by atoms with Crippen molar-refractivity contribution in [3.05, 3.63) is 29.8 Å². The lowest BCUT2D eigenvalue weighted by atomic mass is 9.77. The van der Waals surface area contributed by atoms with Crippen LogP contribution in [0.4, 0.5) is 0 Å². The van der Waals surface area contributed by atoms with E-state index in [0.29, 0.717) is 5.41 Å². The monoisotopic (exact) mass is 340 g/mol. The molecule has 130 valence electrons. The van der Waals surface area contributed by atoms with E-state index < -0.39 is 10.1 Å². The molecule has 0 radical (unpaired) electrons. The summed E-state index contributed by atoms with van der Waals surface area (Å²) in [5.41, 5.74) is 1.42. The van der Waals surface area contributed by atoms with Crippen molar-refractivity contribution >= 4 is 10.1 Å². The topological polar surface area (TPSA) is 52.6 Å². The summed E-state index contributed by atoms with van der Waals surface area (Å²) in [5.74, 6) is 0. The fourth-order valence-corrected chi connectivity index (χ4v) is 4.00. The maximum atomic E-state index is 12.0. The van der Waals surface area contributed by atoms with Crippen molar-refractivity contribution < 1.29 is 17.3 Å². The molecule has 0 aliphatic carbocycles. The zero-order valence-electron chi connectivity index (χ0n) is 14.2. The predicted molar refractivity (Wildman–Crippen MR) is 90.9 cm³/mol. The molecule has 0 aromatic heterocycles. The Morgan fingerprint density at radius 1 is 1.09 bits per heavy atom. The number of hydrogen-bond donors (Lipinski definition) is 0. The molecule has 0 amide bonds. The quantitative estimate of drug-likeness (QED) is 0.476. The van der Waals surface area contributed by atoms with Gasteiger partial charge in [0.2, 0.25) is 0 Å². The summed E-state index contributed by atoms with van der Waals surface area (Å²) in [6.07, 6.45) is 6.47. The Morgan fingerprint density at radius 3 is 2.35 bits per heavy atom. The van der Waals surface area contributed by atoms with Gasteiger partial charge in [-0.2, -0.15) is 8.42 Å². The van der Waals surface area contributed by atoms with E-state index in [2.05, 4.69) is 6.92 Å². The van der Waals surface area contributed by atoms with Crippen LogP contribution in [0.1, 0.15) is 51.0 Å². The summed E-state index contributed by atoms with van der Waals surface area (Å²) in [4.78, 5) is 0.233.